The van der Waals surface area contributed by atoms with Crippen molar-refractivity contribution in [3.05, 3.63) is 29.3 Å². The van der Waals surface area contributed by atoms with Gasteiger partial charge in [0.25, 0.3) is 0 Å². The van der Waals surface area contributed by atoms with Gasteiger partial charge in [0.1, 0.15) is 5.75 Å². The van der Waals surface area contributed by atoms with Crippen LogP contribution in [0.4, 0.5) is 0 Å². The largest absolute Gasteiger partial charge is 0.493 e. The lowest BCUT2D eigenvalue weighted by Crippen LogP contribution is -2.33. The second-order valence-electron chi connectivity index (χ2n) is 4.73. The Morgan fingerprint density at radius 3 is 2.29 bits per heavy atom. The fourth-order valence-corrected chi connectivity index (χ4v) is 1.40. The molecule has 0 saturated carbocycles. The van der Waals surface area contributed by atoms with Gasteiger partial charge in [-0.2, -0.15) is 0 Å². The standard InChI is InChI=1S/C13H20O4/c1-10-3-11(6-14)5-12(4-10)17-9-13(2,7-15)8-16/h3-5,14-16H,6-9H2,1-2H3. The first-order valence-electron chi connectivity index (χ1n) is 5.59. The van der Waals surface area contributed by atoms with E-state index in [4.69, 9.17) is 20.1 Å². The molecule has 0 aromatic heterocycles. The monoisotopic (exact) mass is 240 g/mol. The molecule has 0 heterocycles. The van der Waals surface area contributed by atoms with E-state index >= 15 is 0 Å². The minimum atomic E-state index is -0.650. The van der Waals surface area contributed by atoms with E-state index in [0.29, 0.717) is 5.75 Å². The van der Waals surface area contributed by atoms with E-state index in [1.54, 1.807) is 13.0 Å². The van der Waals surface area contributed by atoms with Gasteiger partial charge in [0.2, 0.25) is 0 Å². The molecule has 4 heteroatoms. The Hall–Kier alpha value is -1.10. The second kappa shape index (κ2) is 6.00. The van der Waals surface area contributed by atoms with Gasteiger partial charge < -0.3 is 20.1 Å². The Morgan fingerprint density at radius 1 is 1.12 bits per heavy atom. The molecule has 0 atom stereocenters. The van der Waals surface area contributed by atoms with Crippen molar-refractivity contribution in [2.75, 3.05) is 19.8 Å². The summed E-state index contributed by atoms with van der Waals surface area (Å²) in [5.41, 5.74) is 1.14. The summed E-state index contributed by atoms with van der Waals surface area (Å²) in [6.45, 7) is 3.59. The molecular formula is C13H20O4. The Balaban J connectivity index is 2.72. The van der Waals surface area contributed by atoms with Crippen molar-refractivity contribution in [2.24, 2.45) is 5.41 Å². The number of benzene rings is 1. The first-order valence-corrected chi connectivity index (χ1v) is 5.59. The molecule has 0 saturated heterocycles. The first-order chi connectivity index (χ1) is 8.03. The number of hydrogen-bond donors (Lipinski definition) is 3. The predicted molar refractivity (Wildman–Crippen MR) is 64.9 cm³/mol. The molecule has 0 aliphatic heterocycles. The molecule has 0 unspecified atom stereocenters. The van der Waals surface area contributed by atoms with Crippen molar-refractivity contribution in [3.8, 4) is 5.75 Å². The van der Waals surface area contributed by atoms with Gasteiger partial charge >= 0.3 is 0 Å². The van der Waals surface area contributed by atoms with Crippen LogP contribution in [0.5, 0.6) is 5.75 Å². The first kappa shape index (κ1) is 14.0. The minimum Gasteiger partial charge on any atom is -0.493 e. The summed E-state index contributed by atoms with van der Waals surface area (Å²) >= 11 is 0. The van der Waals surface area contributed by atoms with E-state index in [9.17, 15) is 0 Å². The summed E-state index contributed by atoms with van der Waals surface area (Å²) < 4.78 is 5.55. The Kier molecular flexibility index (Phi) is 4.93. The molecule has 0 amide bonds. The van der Waals surface area contributed by atoms with E-state index in [-0.39, 0.29) is 26.4 Å². The molecule has 4 nitrogen and oxygen atoms in total. The summed E-state index contributed by atoms with van der Waals surface area (Å²) in [5, 5.41) is 27.3. The van der Waals surface area contributed by atoms with Crippen LogP contribution >= 0.6 is 0 Å². The summed E-state index contributed by atoms with van der Waals surface area (Å²) in [6.07, 6.45) is 0. The zero-order valence-electron chi connectivity index (χ0n) is 10.3. The number of rotatable bonds is 6. The number of ether oxygens (including phenoxy) is 1. The van der Waals surface area contributed by atoms with Gasteiger partial charge in [-0.05, 0) is 30.2 Å². The Labute approximate surface area is 101 Å². The third kappa shape index (κ3) is 4.00. The molecule has 1 aromatic rings. The fourth-order valence-electron chi connectivity index (χ4n) is 1.40. The van der Waals surface area contributed by atoms with Crippen LogP contribution in [0.2, 0.25) is 0 Å². The lowest BCUT2D eigenvalue weighted by molar-refractivity contribution is 0.0286. The third-order valence-electron chi connectivity index (χ3n) is 2.64. The van der Waals surface area contributed by atoms with Crippen LogP contribution in [0.1, 0.15) is 18.1 Å². The van der Waals surface area contributed by atoms with Gasteiger partial charge in [0, 0.05) is 5.41 Å². The zero-order chi connectivity index (χ0) is 12.9. The van der Waals surface area contributed by atoms with Gasteiger partial charge in [0.15, 0.2) is 0 Å². The topological polar surface area (TPSA) is 69.9 Å². The van der Waals surface area contributed by atoms with Crippen LogP contribution in [0, 0.1) is 12.3 Å². The lowest BCUT2D eigenvalue weighted by atomic mass is 9.94. The predicted octanol–water partition coefficient (Wildman–Crippen LogP) is 0.857. The minimum absolute atomic E-state index is 0.0324. The van der Waals surface area contributed by atoms with E-state index < -0.39 is 5.41 Å². The molecule has 0 spiro atoms. The zero-order valence-corrected chi connectivity index (χ0v) is 10.3. The van der Waals surface area contributed by atoms with Gasteiger partial charge in [-0.1, -0.05) is 13.0 Å². The van der Waals surface area contributed by atoms with E-state index in [2.05, 4.69) is 0 Å². The van der Waals surface area contributed by atoms with E-state index in [0.717, 1.165) is 11.1 Å². The quantitative estimate of drug-likeness (QED) is 0.689. The molecule has 1 aromatic carbocycles. The van der Waals surface area contributed by atoms with Gasteiger partial charge in [-0.3, -0.25) is 0 Å². The van der Waals surface area contributed by atoms with Crippen LogP contribution < -0.4 is 4.74 Å². The lowest BCUT2D eigenvalue weighted by Gasteiger charge is -2.24. The SMILES string of the molecule is Cc1cc(CO)cc(OCC(C)(CO)CO)c1. The molecule has 0 aliphatic rings. The highest BCUT2D eigenvalue weighted by atomic mass is 16.5. The van der Waals surface area contributed by atoms with Gasteiger partial charge in [0.05, 0.1) is 26.4 Å². The molecular weight excluding hydrogens is 220 g/mol. The normalized spacial score (nSPS) is 11.6. The van der Waals surface area contributed by atoms with Crippen molar-refractivity contribution in [2.45, 2.75) is 20.5 Å². The maximum atomic E-state index is 9.14. The van der Waals surface area contributed by atoms with Crippen molar-refractivity contribution in [1.82, 2.24) is 0 Å². The maximum absolute atomic E-state index is 9.14. The summed E-state index contributed by atoms with van der Waals surface area (Å²) in [4.78, 5) is 0. The average Bonchev–Trinajstić information content (AvgIpc) is 2.35. The van der Waals surface area contributed by atoms with Gasteiger partial charge in [-0.15, -0.1) is 0 Å². The number of hydrogen-bond acceptors (Lipinski definition) is 4. The van der Waals surface area contributed by atoms with E-state index in [1.165, 1.54) is 0 Å². The average molecular weight is 240 g/mol. The second-order valence-corrected chi connectivity index (χ2v) is 4.73. The number of aliphatic hydroxyl groups excluding tert-OH is 3. The van der Waals surface area contributed by atoms with Crippen LogP contribution in [0.25, 0.3) is 0 Å². The van der Waals surface area contributed by atoms with Gasteiger partial charge in [-0.25, -0.2) is 0 Å². The molecule has 96 valence electrons. The summed E-state index contributed by atoms with van der Waals surface area (Å²) in [7, 11) is 0. The fraction of sp³-hybridized carbons (Fsp3) is 0.538. The molecule has 0 fully saturated rings. The number of aliphatic hydroxyl groups is 3. The van der Waals surface area contributed by atoms with Crippen LogP contribution in [0.3, 0.4) is 0 Å². The molecule has 17 heavy (non-hydrogen) atoms. The molecule has 0 aliphatic carbocycles. The molecule has 3 N–H and O–H groups in total. The van der Waals surface area contributed by atoms with Crippen molar-refractivity contribution >= 4 is 0 Å². The number of aryl methyl sites for hydroxylation is 1. The highest BCUT2D eigenvalue weighted by molar-refractivity contribution is 5.33. The summed E-state index contributed by atoms with van der Waals surface area (Å²) in [5.74, 6) is 0.641. The molecule has 1 rings (SSSR count). The van der Waals surface area contributed by atoms with Crippen LogP contribution in [-0.4, -0.2) is 35.1 Å². The molecule has 0 bridgehead atoms. The van der Waals surface area contributed by atoms with Crippen molar-refractivity contribution in [1.29, 1.82) is 0 Å². The highest BCUT2D eigenvalue weighted by Gasteiger charge is 2.23. The maximum Gasteiger partial charge on any atom is 0.119 e. The van der Waals surface area contributed by atoms with Crippen LogP contribution in [-0.2, 0) is 6.61 Å². The Bertz CT molecular complexity index is 358. The van der Waals surface area contributed by atoms with Crippen molar-refractivity contribution in [3.63, 3.8) is 0 Å². The highest BCUT2D eigenvalue weighted by Crippen LogP contribution is 2.21. The Morgan fingerprint density at radius 2 is 1.76 bits per heavy atom. The van der Waals surface area contributed by atoms with Crippen molar-refractivity contribution < 1.29 is 20.1 Å². The molecule has 0 radical (unpaired) electrons. The van der Waals surface area contributed by atoms with Crippen LogP contribution in [0.15, 0.2) is 18.2 Å². The summed E-state index contributed by atoms with van der Waals surface area (Å²) in [6, 6.07) is 5.49. The van der Waals surface area contributed by atoms with E-state index in [1.807, 2.05) is 19.1 Å². The smallest absolute Gasteiger partial charge is 0.119 e. The third-order valence-corrected chi connectivity index (χ3v) is 2.64.